The van der Waals surface area contributed by atoms with Gasteiger partial charge in [0, 0.05) is 5.25 Å². The SMILES string of the molecule is [CH2]C(C)C(S)CCCCC. The number of hydrogen-bond donors (Lipinski definition) is 1. The van der Waals surface area contributed by atoms with Crippen LogP contribution >= 0.6 is 12.6 Å². The molecule has 0 spiro atoms. The van der Waals surface area contributed by atoms with Crippen molar-refractivity contribution in [2.24, 2.45) is 5.92 Å². The molecule has 0 amide bonds. The van der Waals surface area contributed by atoms with Gasteiger partial charge < -0.3 is 0 Å². The fraction of sp³-hybridized carbons (Fsp3) is 0.889. The standard InChI is InChI=1S/C9H19S/c1-4-5-6-7-9(10)8(2)3/h8-10H,2,4-7H2,1,3H3. The van der Waals surface area contributed by atoms with Crippen molar-refractivity contribution < 1.29 is 0 Å². The van der Waals surface area contributed by atoms with Gasteiger partial charge in [-0.25, -0.2) is 0 Å². The molecule has 0 fully saturated rings. The highest BCUT2D eigenvalue weighted by molar-refractivity contribution is 7.81. The molecule has 61 valence electrons. The first kappa shape index (κ1) is 10.3. The van der Waals surface area contributed by atoms with E-state index in [1.54, 1.807) is 0 Å². The zero-order valence-corrected chi connectivity index (χ0v) is 8.03. The first-order valence-electron chi connectivity index (χ1n) is 4.19. The van der Waals surface area contributed by atoms with Gasteiger partial charge in [-0.3, -0.25) is 0 Å². The maximum atomic E-state index is 4.44. The molecule has 2 unspecified atom stereocenters. The molecular weight excluding hydrogens is 140 g/mol. The summed E-state index contributed by atoms with van der Waals surface area (Å²) < 4.78 is 0. The average Bonchev–Trinajstić information content (AvgIpc) is 1.88. The molecule has 0 bridgehead atoms. The minimum Gasteiger partial charge on any atom is -0.176 e. The molecule has 0 nitrogen and oxygen atoms in total. The van der Waals surface area contributed by atoms with Gasteiger partial charge in [0.2, 0.25) is 0 Å². The third kappa shape index (κ3) is 5.16. The molecular formula is C9H19S. The van der Waals surface area contributed by atoms with Crippen LogP contribution in [-0.4, -0.2) is 5.25 Å². The van der Waals surface area contributed by atoms with E-state index in [-0.39, 0.29) is 0 Å². The van der Waals surface area contributed by atoms with E-state index >= 15 is 0 Å². The van der Waals surface area contributed by atoms with Crippen LogP contribution in [0.1, 0.15) is 39.5 Å². The van der Waals surface area contributed by atoms with Crippen LogP contribution in [0.5, 0.6) is 0 Å². The van der Waals surface area contributed by atoms with Crippen LogP contribution in [0.4, 0.5) is 0 Å². The van der Waals surface area contributed by atoms with Crippen LogP contribution in [0.2, 0.25) is 0 Å². The Morgan fingerprint density at radius 3 is 2.40 bits per heavy atom. The van der Waals surface area contributed by atoms with Gasteiger partial charge in [-0.05, 0) is 19.3 Å². The maximum Gasteiger partial charge on any atom is 0.00424 e. The van der Waals surface area contributed by atoms with Crippen molar-refractivity contribution in [3.63, 3.8) is 0 Å². The van der Waals surface area contributed by atoms with Crippen molar-refractivity contribution >= 4 is 12.6 Å². The van der Waals surface area contributed by atoms with E-state index in [4.69, 9.17) is 0 Å². The summed E-state index contributed by atoms with van der Waals surface area (Å²) >= 11 is 4.44. The summed E-state index contributed by atoms with van der Waals surface area (Å²) in [6.07, 6.45) is 5.17. The predicted octanol–water partition coefficient (Wildman–Crippen LogP) is 3.34. The van der Waals surface area contributed by atoms with Crippen molar-refractivity contribution in [3.8, 4) is 0 Å². The first-order valence-corrected chi connectivity index (χ1v) is 4.71. The highest BCUT2D eigenvalue weighted by Crippen LogP contribution is 2.15. The van der Waals surface area contributed by atoms with E-state index in [1.165, 1.54) is 25.7 Å². The Balaban J connectivity index is 3.13. The molecule has 0 aromatic carbocycles. The minimum atomic E-state index is 0.486. The van der Waals surface area contributed by atoms with Crippen molar-refractivity contribution in [2.45, 2.75) is 44.8 Å². The van der Waals surface area contributed by atoms with Gasteiger partial charge in [-0.15, -0.1) is 0 Å². The molecule has 10 heavy (non-hydrogen) atoms. The van der Waals surface area contributed by atoms with Gasteiger partial charge in [-0.2, -0.15) is 12.6 Å². The van der Waals surface area contributed by atoms with Crippen molar-refractivity contribution in [2.75, 3.05) is 0 Å². The molecule has 0 rings (SSSR count). The second-order valence-corrected chi connectivity index (χ2v) is 3.70. The van der Waals surface area contributed by atoms with Crippen LogP contribution in [0.15, 0.2) is 0 Å². The number of hydrogen-bond acceptors (Lipinski definition) is 1. The second-order valence-electron chi connectivity index (χ2n) is 3.04. The quantitative estimate of drug-likeness (QED) is 0.461. The smallest absolute Gasteiger partial charge is 0.00424 e. The van der Waals surface area contributed by atoms with Crippen molar-refractivity contribution in [1.82, 2.24) is 0 Å². The summed E-state index contributed by atoms with van der Waals surface area (Å²) in [7, 11) is 0. The lowest BCUT2D eigenvalue weighted by Gasteiger charge is -2.13. The van der Waals surface area contributed by atoms with E-state index < -0.39 is 0 Å². The molecule has 1 heteroatoms. The van der Waals surface area contributed by atoms with Crippen LogP contribution in [0.3, 0.4) is 0 Å². The highest BCUT2D eigenvalue weighted by Gasteiger charge is 2.06. The fourth-order valence-corrected chi connectivity index (χ4v) is 1.07. The maximum absolute atomic E-state index is 4.44. The van der Waals surface area contributed by atoms with Crippen LogP contribution in [0.25, 0.3) is 0 Å². The molecule has 0 N–H and O–H groups in total. The fourth-order valence-electron chi connectivity index (χ4n) is 0.888. The number of unbranched alkanes of at least 4 members (excludes halogenated alkanes) is 2. The van der Waals surface area contributed by atoms with Gasteiger partial charge >= 0.3 is 0 Å². The summed E-state index contributed by atoms with van der Waals surface area (Å²) in [5.74, 6) is 0.486. The Bertz CT molecular complexity index is 69.1. The third-order valence-corrected chi connectivity index (χ3v) is 2.53. The Labute approximate surface area is 70.8 Å². The summed E-state index contributed by atoms with van der Waals surface area (Å²) in [6, 6.07) is 0. The molecule has 0 aromatic rings. The Morgan fingerprint density at radius 2 is 2.00 bits per heavy atom. The minimum absolute atomic E-state index is 0.486. The van der Waals surface area contributed by atoms with Crippen LogP contribution in [0, 0.1) is 12.8 Å². The van der Waals surface area contributed by atoms with Crippen LogP contribution < -0.4 is 0 Å². The zero-order chi connectivity index (χ0) is 7.98. The predicted molar refractivity (Wildman–Crippen MR) is 51.4 cm³/mol. The number of thiol groups is 1. The zero-order valence-electron chi connectivity index (χ0n) is 7.14. The molecule has 0 saturated heterocycles. The molecule has 0 saturated carbocycles. The number of rotatable bonds is 5. The van der Waals surface area contributed by atoms with E-state index in [0.717, 1.165) is 0 Å². The van der Waals surface area contributed by atoms with E-state index in [2.05, 4.69) is 33.4 Å². The normalized spacial score (nSPS) is 14.1. The Hall–Kier alpha value is 0.350. The van der Waals surface area contributed by atoms with Crippen molar-refractivity contribution in [3.05, 3.63) is 6.92 Å². The largest absolute Gasteiger partial charge is 0.176 e. The Kier molecular flexibility index (Phi) is 6.30. The Morgan fingerprint density at radius 1 is 1.40 bits per heavy atom. The lowest BCUT2D eigenvalue weighted by molar-refractivity contribution is 0.576. The molecule has 2 atom stereocenters. The highest BCUT2D eigenvalue weighted by atomic mass is 32.1. The molecule has 0 aliphatic heterocycles. The van der Waals surface area contributed by atoms with Gasteiger partial charge in [0.25, 0.3) is 0 Å². The average molecular weight is 159 g/mol. The van der Waals surface area contributed by atoms with Gasteiger partial charge in [-0.1, -0.05) is 33.1 Å². The lowest BCUT2D eigenvalue weighted by Crippen LogP contribution is -2.07. The lowest BCUT2D eigenvalue weighted by atomic mass is 10.0. The van der Waals surface area contributed by atoms with E-state index in [1.807, 2.05) is 0 Å². The monoisotopic (exact) mass is 159 g/mol. The molecule has 0 aliphatic rings. The summed E-state index contributed by atoms with van der Waals surface area (Å²) in [6.45, 7) is 8.29. The molecule has 1 radical (unpaired) electrons. The topological polar surface area (TPSA) is 0 Å². The van der Waals surface area contributed by atoms with Crippen molar-refractivity contribution in [1.29, 1.82) is 0 Å². The first-order chi connectivity index (χ1) is 4.68. The summed E-state index contributed by atoms with van der Waals surface area (Å²) in [5, 5.41) is 0.506. The van der Waals surface area contributed by atoms with Gasteiger partial charge in [0.1, 0.15) is 0 Å². The molecule has 0 aromatic heterocycles. The van der Waals surface area contributed by atoms with Gasteiger partial charge in [0.15, 0.2) is 0 Å². The van der Waals surface area contributed by atoms with Crippen LogP contribution in [-0.2, 0) is 0 Å². The molecule has 0 aliphatic carbocycles. The van der Waals surface area contributed by atoms with E-state index in [9.17, 15) is 0 Å². The molecule has 0 heterocycles. The van der Waals surface area contributed by atoms with E-state index in [0.29, 0.717) is 11.2 Å². The van der Waals surface area contributed by atoms with Gasteiger partial charge in [0.05, 0.1) is 0 Å². The summed E-state index contributed by atoms with van der Waals surface area (Å²) in [4.78, 5) is 0. The second kappa shape index (κ2) is 6.09. The summed E-state index contributed by atoms with van der Waals surface area (Å²) in [5.41, 5.74) is 0. The third-order valence-electron chi connectivity index (χ3n) is 1.76.